The minimum atomic E-state index is -0.392. The Labute approximate surface area is 142 Å². The summed E-state index contributed by atoms with van der Waals surface area (Å²) < 4.78 is 6.66. The predicted octanol–water partition coefficient (Wildman–Crippen LogP) is 3.06. The maximum atomic E-state index is 12.6. The summed E-state index contributed by atoms with van der Waals surface area (Å²) in [6.45, 7) is 1.95. The number of fused-ring (bicyclic) bond motifs is 1. The van der Waals surface area contributed by atoms with Crippen molar-refractivity contribution in [3.05, 3.63) is 54.6 Å². The maximum absolute atomic E-state index is 12.6. The summed E-state index contributed by atoms with van der Waals surface area (Å²) in [5, 5.41) is 2.81. The maximum Gasteiger partial charge on any atom is 0.332 e. The molecule has 0 bridgehead atoms. The van der Waals surface area contributed by atoms with E-state index in [0.717, 1.165) is 5.56 Å². The number of nitrogens with zero attached hydrogens (tertiary/aromatic N) is 4. The molecule has 3 aromatic heterocycles. The standard InChI is InChI=1S/C17H14N6O2/c1-10-4-2-5-11(8-10)20-17(24)23-9-19-14-13(12-6-3-7-25-12)21-16(18)22-15(14)23/h2-9H,1H3,(H,20,24)(H2,18,21,22). The van der Waals surface area contributed by atoms with Crippen LogP contribution in [0.3, 0.4) is 0 Å². The Kier molecular flexibility index (Phi) is 3.42. The van der Waals surface area contributed by atoms with E-state index >= 15 is 0 Å². The van der Waals surface area contributed by atoms with Gasteiger partial charge in [-0.3, -0.25) is 0 Å². The molecule has 1 amide bonds. The normalized spacial score (nSPS) is 10.9. The van der Waals surface area contributed by atoms with Gasteiger partial charge in [0.1, 0.15) is 17.5 Å². The lowest BCUT2D eigenvalue weighted by Crippen LogP contribution is -2.19. The van der Waals surface area contributed by atoms with Crippen LogP contribution in [-0.2, 0) is 0 Å². The van der Waals surface area contributed by atoms with Crippen LogP contribution in [-0.4, -0.2) is 25.6 Å². The molecule has 0 unspecified atom stereocenters. The van der Waals surface area contributed by atoms with Crippen LogP contribution in [0.15, 0.2) is 53.4 Å². The lowest BCUT2D eigenvalue weighted by Gasteiger charge is -2.07. The lowest BCUT2D eigenvalue weighted by atomic mass is 10.2. The molecule has 4 aromatic rings. The van der Waals surface area contributed by atoms with Crippen molar-refractivity contribution in [3.8, 4) is 11.5 Å². The molecule has 124 valence electrons. The zero-order valence-electron chi connectivity index (χ0n) is 13.3. The summed E-state index contributed by atoms with van der Waals surface area (Å²) in [5.41, 5.74) is 8.70. The molecule has 0 saturated carbocycles. The first kappa shape index (κ1) is 14.9. The van der Waals surface area contributed by atoms with E-state index in [2.05, 4.69) is 20.3 Å². The van der Waals surface area contributed by atoms with Crippen molar-refractivity contribution in [2.75, 3.05) is 11.1 Å². The molecule has 0 fully saturated rings. The van der Waals surface area contributed by atoms with Crippen molar-refractivity contribution in [3.63, 3.8) is 0 Å². The number of nitrogens with two attached hydrogens (primary N) is 1. The van der Waals surface area contributed by atoms with Crippen molar-refractivity contribution < 1.29 is 9.21 Å². The van der Waals surface area contributed by atoms with Gasteiger partial charge in [-0.05, 0) is 36.8 Å². The molecule has 0 aliphatic heterocycles. The molecule has 4 rings (SSSR count). The van der Waals surface area contributed by atoms with Gasteiger partial charge in [-0.15, -0.1) is 0 Å². The van der Waals surface area contributed by atoms with E-state index in [0.29, 0.717) is 28.3 Å². The number of aryl methyl sites for hydroxylation is 1. The Balaban J connectivity index is 1.77. The molecule has 8 heteroatoms. The van der Waals surface area contributed by atoms with Crippen LogP contribution in [0.2, 0.25) is 0 Å². The molecule has 0 saturated heterocycles. The number of hydrogen-bond donors (Lipinski definition) is 2. The third kappa shape index (κ3) is 2.69. The fourth-order valence-electron chi connectivity index (χ4n) is 2.56. The number of benzene rings is 1. The highest BCUT2D eigenvalue weighted by Crippen LogP contribution is 2.26. The van der Waals surface area contributed by atoms with E-state index in [1.807, 2.05) is 31.2 Å². The average Bonchev–Trinajstić information content (AvgIpc) is 3.23. The zero-order chi connectivity index (χ0) is 17.4. The minimum Gasteiger partial charge on any atom is -0.463 e. The topological polar surface area (TPSA) is 112 Å². The van der Waals surface area contributed by atoms with Gasteiger partial charge in [-0.2, -0.15) is 4.98 Å². The highest BCUT2D eigenvalue weighted by atomic mass is 16.3. The van der Waals surface area contributed by atoms with Gasteiger partial charge in [0.2, 0.25) is 5.95 Å². The first-order valence-corrected chi connectivity index (χ1v) is 7.54. The van der Waals surface area contributed by atoms with Crippen molar-refractivity contribution >= 4 is 28.8 Å². The summed E-state index contributed by atoms with van der Waals surface area (Å²) in [6, 6.07) is 10.6. The largest absolute Gasteiger partial charge is 0.463 e. The molecule has 0 aliphatic rings. The van der Waals surface area contributed by atoms with E-state index in [1.165, 1.54) is 17.2 Å². The van der Waals surface area contributed by atoms with Gasteiger partial charge in [0.05, 0.1) is 6.26 Å². The smallest absolute Gasteiger partial charge is 0.332 e. The third-order valence-electron chi connectivity index (χ3n) is 3.66. The monoisotopic (exact) mass is 334 g/mol. The lowest BCUT2D eigenvalue weighted by molar-refractivity contribution is 0.254. The Morgan fingerprint density at radius 3 is 2.88 bits per heavy atom. The molecule has 25 heavy (non-hydrogen) atoms. The van der Waals surface area contributed by atoms with Gasteiger partial charge in [0, 0.05) is 5.69 Å². The van der Waals surface area contributed by atoms with Crippen LogP contribution < -0.4 is 11.1 Å². The fourth-order valence-corrected chi connectivity index (χ4v) is 2.56. The van der Waals surface area contributed by atoms with E-state index in [1.54, 1.807) is 12.1 Å². The zero-order valence-corrected chi connectivity index (χ0v) is 13.3. The number of amides is 1. The SMILES string of the molecule is Cc1cccc(NC(=O)n2cnc3c(-c4ccco4)nc(N)nc32)c1. The van der Waals surface area contributed by atoms with Gasteiger partial charge < -0.3 is 15.5 Å². The van der Waals surface area contributed by atoms with E-state index < -0.39 is 6.03 Å². The van der Waals surface area contributed by atoms with Gasteiger partial charge >= 0.3 is 6.03 Å². The van der Waals surface area contributed by atoms with Crippen LogP contribution in [0.1, 0.15) is 5.56 Å². The molecule has 8 nitrogen and oxygen atoms in total. The Morgan fingerprint density at radius 2 is 2.12 bits per heavy atom. The van der Waals surface area contributed by atoms with E-state index in [-0.39, 0.29) is 5.95 Å². The molecule has 0 spiro atoms. The first-order valence-electron chi connectivity index (χ1n) is 7.54. The third-order valence-corrected chi connectivity index (χ3v) is 3.66. The second-order valence-corrected chi connectivity index (χ2v) is 5.49. The summed E-state index contributed by atoms with van der Waals surface area (Å²) in [7, 11) is 0. The number of anilines is 2. The second-order valence-electron chi connectivity index (χ2n) is 5.49. The molecule has 0 radical (unpaired) electrons. The average molecular weight is 334 g/mol. The van der Waals surface area contributed by atoms with Crippen molar-refractivity contribution in [1.82, 2.24) is 19.5 Å². The van der Waals surface area contributed by atoms with Gasteiger partial charge in [-0.1, -0.05) is 12.1 Å². The van der Waals surface area contributed by atoms with Gasteiger partial charge in [0.25, 0.3) is 0 Å². The van der Waals surface area contributed by atoms with Crippen LogP contribution in [0.25, 0.3) is 22.6 Å². The number of nitrogen functional groups attached to an aromatic ring is 1. The number of furan rings is 1. The van der Waals surface area contributed by atoms with Crippen LogP contribution >= 0.6 is 0 Å². The number of imidazole rings is 1. The van der Waals surface area contributed by atoms with Crippen LogP contribution in [0, 0.1) is 6.92 Å². The van der Waals surface area contributed by atoms with Crippen molar-refractivity contribution in [1.29, 1.82) is 0 Å². The highest BCUT2D eigenvalue weighted by Gasteiger charge is 2.18. The first-order chi connectivity index (χ1) is 12.1. The summed E-state index contributed by atoms with van der Waals surface area (Å²) >= 11 is 0. The number of carbonyl (C=O) groups is 1. The number of nitrogens with one attached hydrogen (secondary N) is 1. The summed E-state index contributed by atoms with van der Waals surface area (Å²) in [6.07, 6.45) is 2.91. The molecular formula is C17H14N6O2. The van der Waals surface area contributed by atoms with Crippen LogP contribution in [0.4, 0.5) is 16.4 Å². The van der Waals surface area contributed by atoms with Crippen molar-refractivity contribution in [2.24, 2.45) is 0 Å². The molecule has 1 aromatic carbocycles. The number of hydrogen-bond acceptors (Lipinski definition) is 6. The molecule has 0 atom stereocenters. The highest BCUT2D eigenvalue weighted by molar-refractivity contribution is 5.98. The van der Waals surface area contributed by atoms with Gasteiger partial charge in [-0.25, -0.2) is 19.3 Å². The number of carbonyl (C=O) groups excluding carboxylic acids is 1. The fraction of sp³-hybridized carbons (Fsp3) is 0.0588. The quantitative estimate of drug-likeness (QED) is 0.582. The molecule has 3 N–H and O–H groups in total. The van der Waals surface area contributed by atoms with E-state index in [9.17, 15) is 4.79 Å². The van der Waals surface area contributed by atoms with Gasteiger partial charge in [0.15, 0.2) is 11.4 Å². The Bertz CT molecular complexity index is 1070. The Hall–Kier alpha value is -3.68. The van der Waals surface area contributed by atoms with E-state index in [4.69, 9.17) is 10.2 Å². The molecule has 0 aliphatic carbocycles. The summed E-state index contributed by atoms with van der Waals surface area (Å²) in [4.78, 5) is 25.2. The van der Waals surface area contributed by atoms with Crippen LogP contribution in [0.5, 0.6) is 0 Å². The number of aromatic nitrogens is 4. The second kappa shape index (κ2) is 5.75. The predicted molar refractivity (Wildman–Crippen MR) is 93.0 cm³/mol. The van der Waals surface area contributed by atoms with Crippen molar-refractivity contribution in [2.45, 2.75) is 6.92 Å². The minimum absolute atomic E-state index is 0.0315. The number of rotatable bonds is 2. The molecular weight excluding hydrogens is 320 g/mol. The molecule has 3 heterocycles. The Morgan fingerprint density at radius 1 is 1.24 bits per heavy atom. The summed E-state index contributed by atoms with van der Waals surface area (Å²) in [5.74, 6) is 0.535.